The number of amidine groups is 1. The summed E-state index contributed by atoms with van der Waals surface area (Å²) in [6, 6.07) is 17.7. The summed E-state index contributed by atoms with van der Waals surface area (Å²) in [6.07, 6.45) is 0.727. The fourth-order valence-electron chi connectivity index (χ4n) is 2.13. The third-order valence-electron chi connectivity index (χ3n) is 3.21. The topological polar surface area (TPSA) is 42.8 Å². The lowest BCUT2D eigenvalue weighted by Crippen LogP contribution is -2.11. The van der Waals surface area contributed by atoms with Crippen LogP contribution in [0.4, 0.5) is 5.69 Å². The molecular weight excluding hydrogens is 252 g/mol. The Kier molecular flexibility index (Phi) is 3.65. The van der Waals surface area contributed by atoms with Gasteiger partial charge in [-0.1, -0.05) is 30.3 Å². The summed E-state index contributed by atoms with van der Waals surface area (Å²) in [5.41, 5.74) is 4.93. The monoisotopic (exact) mass is 268 g/mol. The molecule has 1 aliphatic rings. The second kappa shape index (κ2) is 5.75. The molecule has 3 rings (SSSR count). The van der Waals surface area contributed by atoms with Crippen LogP contribution in [0.2, 0.25) is 0 Å². The van der Waals surface area contributed by atoms with Gasteiger partial charge in [-0.05, 0) is 29.8 Å². The van der Waals surface area contributed by atoms with Crippen molar-refractivity contribution in [3.8, 4) is 5.75 Å². The Hall–Kier alpha value is -2.33. The predicted molar refractivity (Wildman–Crippen MR) is 78.1 cm³/mol. The number of benzene rings is 2. The Balaban J connectivity index is 1.71. The van der Waals surface area contributed by atoms with Gasteiger partial charge in [0.15, 0.2) is 0 Å². The summed E-state index contributed by atoms with van der Waals surface area (Å²) in [7, 11) is 1.66. The number of ether oxygens (including phenoxy) is 1. The van der Waals surface area contributed by atoms with E-state index in [2.05, 4.69) is 10.5 Å². The Bertz CT molecular complexity index is 594. The van der Waals surface area contributed by atoms with Crippen molar-refractivity contribution in [3.63, 3.8) is 0 Å². The van der Waals surface area contributed by atoms with Crippen molar-refractivity contribution >= 4 is 11.5 Å². The molecule has 0 aromatic heterocycles. The molecule has 1 fully saturated rings. The Labute approximate surface area is 118 Å². The second-order valence-electron chi connectivity index (χ2n) is 4.58. The van der Waals surface area contributed by atoms with Crippen molar-refractivity contribution in [1.29, 1.82) is 0 Å². The van der Waals surface area contributed by atoms with Crippen LogP contribution in [0.3, 0.4) is 0 Å². The van der Waals surface area contributed by atoms with Gasteiger partial charge in [-0.2, -0.15) is 0 Å². The Morgan fingerprint density at radius 3 is 2.55 bits per heavy atom. The maximum atomic E-state index is 5.58. The standard InChI is InChI=1S/C16H16N2O2/c1-19-14-9-7-12(8-10-14)15-11-16(18-20-15)17-13-5-3-2-4-6-13/h2-10,15H,11H2,1H3,(H,17,18). The van der Waals surface area contributed by atoms with E-state index in [1.54, 1.807) is 7.11 Å². The third kappa shape index (κ3) is 2.81. The van der Waals surface area contributed by atoms with Crippen LogP contribution in [-0.2, 0) is 4.84 Å². The molecule has 1 heterocycles. The molecule has 1 N–H and O–H groups in total. The van der Waals surface area contributed by atoms with Gasteiger partial charge in [0.25, 0.3) is 0 Å². The van der Waals surface area contributed by atoms with E-state index in [1.807, 2.05) is 54.6 Å². The van der Waals surface area contributed by atoms with Crippen LogP contribution in [0.25, 0.3) is 0 Å². The Morgan fingerprint density at radius 2 is 1.85 bits per heavy atom. The molecule has 1 atom stereocenters. The van der Waals surface area contributed by atoms with E-state index in [-0.39, 0.29) is 6.10 Å². The minimum atomic E-state index is -0.0108. The van der Waals surface area contributed by atoms with Crippen molar-refractivity contribution in [2.75, 3.05) is 7.11 Å². The molecule has 20 heavy (non-hydrogen) atoms. The van der Waals surface area contributed by atoms with Gasteiger partial charge in [-0.15, -0.1) is 0 Å². The van der Waals surface area contributed by atoms with Crippen molar-refractivity contribution in [1.82, 2.24) is 5.48 Å². The highest BCUT2D eigenvalue weighted by Gasteiger charge is 2.23. The number of rotatable bonds is 3. The normalized spacial score (nSPS) is 19.9. The smallest absolute Gasteiger partial charge is 0.129 e. The largest absolute Gasteiger partial charge is 0.497 e. The highest BCUT2D eigenvalue weighted by molar-refractivity contribution is 5.85. The summed E-state index contributed by atoms with van der Waals surface area (Å²) in [6.45, 7) is 0. The van der Waals surface area contributed by atoms with Gasteiger partial charge in [0.2, 0.25) is 0 Å². The summed E-state index contributed by atoms with van der Waals surface area (Å²) in [4.78, 5) is 10.1. The van der Waals surface area contributed by atoms with Gasteiger partial charge in [0, 0.05) is 6.42 Å². The summed E-state index contributed by atoms with van der Waals surface area (Å²) in [5, 5.41) is 0. The maximum Gasteiger partial charge on any atom is 0.129 e. The zero-order valence-electron chi connectivity index (χ0n) is 11.2. The first-order chi connectivity index (χ1) is 9.85. The number of nitrogens with zero attached hydrogens (tertiary/aromatic N) is 1. The maximum absolute atomic E-state index is 5.58. The average molecular weight is 268 g/mol. The molecule has 0 saturated carbocycles. The summed E-state index contributed by atoms with van der Waals surface area (Å²) in [5.74, 6) is 1.69. The van der Waals surface area contributed by atoms with Crippen LogP contribution in [-0.4, -0.2) is 12.9 Å². The van der Waals surface area contributed by atoms with E-state index in [0.717, 1.165) is 29.3 Å². The lowest BCUT2D eigenvalue weighted by molar-refractivity contribution is 0.0448. The second-order valence-corrected chi connectivity index (χ2v) is 4.58. The van der Waals surface area contributed by atoms with Gasteiger partial charge < -0.3 is 4.74 Å². The molecule has 0 spiro atoms. The number of hydrogen-bond donors (Lipinski definition) is 1. The zero-order valence-corrected chi connectivity index (χ0v) is 11.2. The van der Waals surface area contributed by atoms with Crippen LogP contribution < -0.4 is 10.2 Å². The highest BCUT2D eigenvalue weighted by atomic mass is 16.7. The number of aliphatic imine (C=N–C) groups is 1. The minimum absolute atomic E-state index is 0.0108. The molecule has 1 unspecified atom stereocenters. The van der Waals surface area contributed by atoms with E-state index in [4.69, 9.17) is 9.57 Å². The summed E-state index contributed by atoms with van der Waals surface area (Å²) >= 11 is 0. The third-order valence-corrected chi connectivity index (χ3v) is 3.21. The molecule has 1 aliphatic heterocycles. The number of nitrogens with one attached hydrogen (secondary N) is 1. The van der Waals surface area contributed by atoms with E-state index < -0.39 is 0 Å². The van der Waals surface area contributed by atoms with E-state index in [9.17, 15) is 0 Å². The number of hydroxylamine groups is 1. The van der Waals surface area contributed by atoms with E-state index in [0.29, 0.717) is 0 Å². The SMILES string of the molecule is COc1ccc(C2CC(=Nc3ccccc3)NO2)cc1. The molecule has 2 aromatic carbocycles. The van der Waals surface area contributed by atoms with Crippen molar-refractivity contribution in [2.24, 2.45) is 4.99 Å². The van der Waals surface area contributed by atoms with E-state index >= 15 is 0 Å². The van der Waals surface area contributed by atoms with Crippen LogP contribution in [0.15, 0.2) is 59.6 Å². The van der Waals surface area contributed by atoms with E-state index in [1.165, 1.54) is 0 Å². The van der Waals surface area contributed by atoms with Crippen LogP contribution in [0, 0.1) is 0 Å². The van der Waals surface area contributed by atoms with Crippen molar-refractivity contribution < 1.29 is 9.57 Å². The fraction of sp³-hybridized carbons (Fsp3) is 0.188. The van der Waals surface area contributed by atoms with Gasteiger partial charge >= 0.3 is 0 Å². The Morgan fingerprint density at radius 1 is 1.10 bits per heavy atom. The van der Waals surface area contributed by atoms with Gasteiger partial charge in [-0.3, -0.25) is 10.3 Å². The molecule has 0 radical (unpaired) electrons. The van der Waals surface area contributed by atoms with Gasteiger partial charge in [0.05, 0.1) is 12.8 Å². The van der Waals surface area contributed by atoms with Gasteiger partial charge in [0.1, 0.15) is 17.7 Å². The first-order valence-electron chi connectivity index (χ1n) is 6.53. The molecule has 2 aromatic rings. The van der Waals surface area contributed by atoms with Crippen LogP contribution in [0.5, 0.6) is 5.75 Å². The number of methoxy groups -OCH3 is 1. The molecule has 0 bridgehead atoms. The minimum Gasteiger partial charge on any atom is -0.497 e. The van der Waals surface area contributed by atoms with Crippen LogP contribution in [0.1, 0.15) is 18.1 Å². The quantitative estimate of drug-likeness (QED) is 0.927. The molecule has 4 heteroatoms. The zero-order chi connectivity index (χ0) is 13.8. The molecule has 1 saturated heterocycles. The fourth-order valence-corrected chi connectivity index (χ4v) is 2.13. The lowest BCUT2D eigenvalue weighted by Gasteiger charge is -2.07. The molecule has 4 nitrogen and oxygen atoms in total. The lowest BCUT2D eigenvalue weighted by atomic mass is 10.1. The van der Waals surface area contributed by atoms with Gasteiger partial charge in [-0.25, -0.2) is 4.99 Å². The predicted octanol–water partition coefficient (Wildman–Crippen LogP) is 3.39. The molecule has 0 aliphatic carbocycles. The first-order valence-corrected chi connectivity index (χ1v) is 6.53. The highest BCUT2D eigenvalue weighted by Crippen LogP contribution is 2.27. The van der Waals surface area contributed by atoms with Crippen molar-refractivity contribution in [2.45, 2.75) is 12.5 Å². The summed E-state index contributed by atoms with van der Waals surface area (Å²) < 4.78 is 5.15. The van der Waals surface area contributed by atoms with Crippen LogP contribution >= 0.6 is 0 Å². The molecule has 0 amide bonds. The molecular formula is C16H16N2O2. The first kappa shape index (κ1) is 12.7. The van der Waals surface area contributed by atoms with Crippen molar-refractivity contribution in [3.05, 3.63) is 60.2 Å². The average Bonchev–Trinajstić information content (AvgIpc) is 2.97. The number of para-hydroxylation sites is 1. The molecule has 102 valence electrons. The number of hydrogen-bond acceptors (Lipinski definition) is 3.